The summed E-state index contributed by atoms with van der Waals surface area (Å²) < 4.78 is 5.26. The Morgan fingerprint density at radius 2 is 2.14 bits per heavy atom. The molecule has 0 aliphatic heterocycles. The molecule has 2 rings (SSSR count). The molecule has 0 fully saturated rings. The van der Waals surface area contributed by atoms with Crippen molar-refractivity contribution >= 4 is 16.8 Å². The molecule has 5 N–H and O–H groups in total. The number of ether oxygens (including phenoxy) is 1. The third kappa shape index (κ3) is 3.99. The number of nitrogens with two attached hydrogens (primary N) is 1. The van der Waals surface area contributed by atoms with Crippen molar-refractivity contribution < 1.29 is 9.53 Å². The van der Waals surface area contributed by atoms with Gasteiger partial charge in [-0.2, -0.15) is 0 Å². The summed E-state index contributed by atoms with van der Waals surface area (Å²) in [5, 5.41) is 7.09. The molecule has 1 aromatic carbocycles. The molecule has 120 valence electrons. The van der Waals surface area contributed by atoms with E-state index in [-0.39, 0.29) is 5.91 Å². The molecule has 0 aliphatic rings. The smallest absolute Gasteiger partial charge is 0.224 e. The molecule has 2 aromatic rings. The highest BCUT2D eigenvalue weighted by Crippen LogP contribution is 2.26. The molecule has 0 spiro atoms. The number of carbonyl (C=O) groups excluding carboxylic acids is 1. The van der Waals surface area contributed by atoms with Gasteiger partial charge < -0.3 is 26.1 Å². The molecular weight excluding hydrogens is 280 g/mol. The van der Waals surface area contributed by atoms with Crippen molar-refractivity contribution in [3.8, 4) is 5.75 Å². The maximum Gasteiger partial charge on any atom is 0.224 e. The number of carbonyl (C=O) groups is 1. The van der Waals surface area contributed by atoms with Crippen LogP contribution in [-0.2, 0) is 11.2 Å². The first-order valence-corrected chi connectivity index (χ1v) is 7.48. The Morgan fingerprint density at radius 3 is 2.86 bits per heavy atom. The van der Waals surface area contributed by atoms with E-state index in [2.05, 4.69) is 15.6 Å². The van der Waals surface area contributed by atoms with Crippen LogP contribution in [0.3, 0.4) is 0 Å². The number of aromatic nitrogens is 1. The van der Waals surface area contributed by atoms with Crippen LogP contribution < -0.4 is 21.1 Å². The predicted octanol–water partition coefficient (Wildman–Crippen LogP) is 0.692. The van der Waals surface area contributed by atoms with E-state index in [4.69, 9.17) is 10.5 Å². The van der Waals surface area contributed by atoms with Gasteiger partial charge in [0, 0.05) is 42.8 Å². The topological polar surface area (TPSA) is 92.2 Å². The Hall–Kier alpha value is -2.05. The summed E-state index contributed by atoms with van der Waals surface area (Å²) in [5.74, 6) is 0.806. The van der Waals surface area contributed by atoms with Gasteiger partial charge in [0.05, 0.1) is 13.5 Å². The van der Waals surface area contributed by atoms with Gasteiger partial charge in [0.25, 0.3) is 0 Å². The third-order valence-corrected chi connectivity index (χ3v) is 3.61. The number of nitrogens with one attached hydrogen (secondary N) is 3. The van der Waals surface area contributed by atoms with Crippen molar-refractivity contribution in [2.24, 2.45) is 5.73 Å². The van der Waals surface area contributed by atoms with E-state index in [0.29, 0.717) is 19.5 Å². The molecule has 0 atom stereocenters. The lowest BCUT2D eigenvalue weighted by atomic mass is 10.1. The van der Waals surface area contributed by atoms with Gasteiger partial charge in [-0.05, 0) is 30.7 Å². The SMILES string of the molecule is COc1ccc2[nH]c(C)c(CC(=O)NCCNCCN)c2c1. The molecule has 1 heterocycles. The Kier molecular flexibility index (Phi) is 5.80. The van der Waals surface area contributed by atoms with E-state index < -0.39 is 0 Å². The van der Waals surface area contributed by atoms with Crippen LogP contribution in [0.1, 0.15) is 11.3 Å². The summed E-state index contributed by atoms with van der Waals surface area (Å²) in [6, 6.07) is 5.84. The van der Waals surface area contributed by atoms with Crippen LogP contribution in [0.4, 0.5) is 0 Å². The highest BCUT2D eigenvalue weighted by Gasteiger charge is 2.13. The van der Waals surface area contributed by atoms with E-state index in [1.165, 1.54) is 0 Å². The molecule has 1 amide bonds. The molecule has 0 saturated heterocycles. The number of amides is 1. The van der Waals surface area contributed by atoms with Crippen molar-refractivity contribution in [3.05, 3.63) is 29.5 Å². The lowest BCUT2D eigenvalue weighted by Crippen LogP contribution is -2.34. The first-order chi connectivity index (χ1) is 10.7. The van der Waals surface area contributed by atoms with Crippen LogP contribution in [0.2, 0.25) is 0 Å². The molecule has 1 aromatic heterocycles. The van der Waals surface area contributed by atoms with Gasteiger partial charge in [-0.25, -0.2) is 0 Å². The summed E-state index contributed by atoms with van der Waals surface area (Å²) in [4.78, 5) is 15.4. The maximum atomic E-state index is 12.1. The average molecular weight is 304 g/mol. The van der Waals surface area contributed by atoms with E-state index >= 15 is 0 Å². The Labute approximate surface area is 130 Å². The minimum Gasteiger partial charge on any atom is -0.497 e. The van der Waals surface area contributed by atoms with Crippen molar-refractivity contribution in [3.63, 3.8) is 0 Å². The van der Waals surface area contributed by atoms with Gasteiger partial charge in [-0.1, -0.05) is 0 Å². The number of aryl methyl sites for hydroxylation is 1. The first kappa shape index (κ1) is 16.3. The molecule has 0 radical (unpaired) electrons. The van der Waals surface area contributed by atoms with Crippen molar-refractivity contribution in [2.45, 2.75) is 13.3 Å². The van der Waals surface area contributed by atoms with Crippen LogP contribution in [0, 0.1) is 6.92 Å². The summed E-state index contributed by atoms with van der Waals surface area (Å²) in [6.07, 6.45) is 0.357. The largest absolute Gasteiger partial charge is 0.497 e. The van der Waals surface area contributed by atoms with E-state index in [9.17, 15) is 4.79 Å². The van der Waals surface area contributed by atoms with Crippen LogP contribution in [-0.4, -0.2) is 44.2 Å². The van der Waals surface area contributed by atoms with Gasteiger partial charge in [0.2, 0.25) is 5.91 Å². The lowest BCUT2D eigenvalue weighted by Gasteiger charge is -2.07. The molecule has 0 unspecified atom stereocenters. The monoisotopic (exact) mass is 304 g/mol. The van der Waals surface area contributed by atoms with Gasteiger partial charge in [-0.3, -0.25) is 4.79 Å². The summed E-state index contributed by atoms with van der Waals surface area (Å²) in [7, 11) is 1.64. The zero-order valence-corrected chi connectivity index (χ0v) is 13.2. The quantitative estimate of drug-likeness (QED) is 0.540. The fraction of sp³-hybridized carbons (Fsp3) is 0.438. The summed E-state index contributed by atoms with van der Waals surface area (Å²) in [6.45, 7) is 4.67. The predicted molar refractivity (Wildman–Crippen MR) is 88.2 cm³/mol. The van der Waals surface area contributed by atoms with Crippen molar-refractivity contribution in [2.75, 3.05) is 33.3 Å². The van der Waals surface area contributed by atoms with E-state index in [1.807, 2.05) is 25.1 Å². The van der Waals surface area contributed by atoms with Crippen molar-refractivity contribution in [1.82, 2.24) is 15.6 Å². The lowest BCUT2D eigenvalue weighted by molar-refractivity contribution is -0.120. The van der Waals surface area contributed by atoms with Gasteiger partial charge in [-0.15, -0.1) is 0 Å². The van der Waals surface area contributed by atoms with E-state index in [1.54, 1.807) is 7.11 Å². The maximum absolute atomic E-state index is 12.1. The molecule has 6 nitrogen and oxygen atoms in total. The number of rotatable bonds is 8. The minimum absolute atomic E-state index is 0.0152. The fourth-order valence-electron chi connectivity index (χ4n) is 2.46. The average Bonchev–Trinajstić information content (AvgIpc) is 2.82. The molecule has 0 saturated carbocycles. The van der Waals surface area contributed by atoms with Gasteiger partial charge in [0.15, 0.2) is 0 Å². The summed E-state index contributed by atoms with van der Waals surface area (Å²) in [5.41, 5.74) is 8.44. The molecule has 6 heteroatoms. The normalized spacial score (nSPS) is 10.9. The number of hydrogen-bond acceptors (Lipinski definition) is 4. The van der Waals surface area contributed by atoms with Gasteiger partial charge in [0.1, 0.15) is 5.75 Å². The Bertz CT molecular complexity index is 636. The van der Waals surface area contributed by atoms with Gasteiger partial charge >= 0.3 is 0 Å². The van der Waals surface area contributed by atoms with Crippen LogP contribution in [0.15, 0.2) is 18.2 Å². The minimum atomic E-state index is 0.0152. The standard InChI is InChI=1S/C16H24N4O2/c1-11-13(10-16(21)19-8-7-18-6-5-17)14-9-12(22-2)3-4-15(14)20-11/h3-4,9,18,20H,5-8,10,17H2,1-2H3,(H,19,21). The highest BCUT2D eigenvalue weighted by atomic mass is 16.5. The van der Waals surface area contributed by atoms with Crippen LogP contribution in [0.5, 0.6) is 5.75 Å². The Balaban J connectivity index is 2.01. The number of methoxy groups -OCH3 is 1. The van der Waals surface area contributed by atoms with E-state index in [0.717, 1.165) is 41.0 Å². The van der Waals surface area contributed by atoms with Crippen LogP contribution >= 0.6 is 0 Å². The second kappa shape index (κ2) is 7.82. The zero-order chi connectivity index (χ0) is 15.9. The number of benzene rings is 1. The number of aromatic amines is 1. The highest BCUT2D eigenvalue weighted by molar-refractivity contribution is 5.90. The fourth-order valence-corrected chi connectivity index (χ4v) is 2.46. The molecule has 22 heavy (non-hydrogen) atoms. The second-order valence-corrected chi connectivity index (χ2v) is 5.21. The molecular formula is C16H24N4O2. The molecule has 0 aliphatic carbocycles. The third-order valence-electron chi connectivity index (χ3n) is 3.61. The number of hydrogen-bond donors (Lipinski definition) is 4. The zero-order valence-electron chi connectivity index (χ0n) is 13.2. The number of fused-ring (bicyclic) bond motifs is 1. The Morgan fingerprint density at radius 1 is 1.32 bits per heavy atom. The first-order valence-electron chi connectivity index (χ1n) is 7.48. The number of H-pyrrole nitrogens is 1. The van der Waals surface area contributed by atoms with Crippen molar-refractivity contribution in [1.29, 1.82) is 0 Å². The van der Waals surface area contributed by atoms with Crippen LogP contribution in [0.25, 0.3) is 10.9 Å². The molecule has 0 bridgehead atoms. The summed E-state index contributed by atoms with van der Waals surface area (Å²) >= 11 is 0. The second-order valence-electron chi connectivity index (χ2n) is 5.21.